The molecule has 0 aliphatic carbocycles. The number of nitrogens with one attached hydrogen (secondary N) is 1. The van der Waals surface area contributed by atoms with E-state index >= 15 is 0 Å². The molecular formula is C10H13N3O2S. The summed E-state index contributed by atoms with van der Waals surface area (Å²) in [5.41, 5.74) is 6.33. The van der Waals surface area contributed by atoms with Crippen molar-refractivity contribution in [2.45, 2.75) is 11.8 Å². The Morgan fingerprint density at radius 1 is 1.50 bits per heavy atom. The highest BCUT2D eigenvalue weighted by Crippen LogP contribution is 2.14. The van der Waals surface area contributed by atoms with Crippen LogP contribution in [0.4, 0.5) is 0 Å². The lowest BCUT2D eigenvalue weighted by Gasteiger charge is -2.06. The summed E-state index contributed by atoms with van der Waals surface area (Å²) in [5.74, 6) is 0. The van der Waals surface area contributed by atoms with E-state index in [4.69, 9.17) is 11.0 Å². The number of sulfonamides is 1. The lowest BCUT2D eigenvalue weighted by Crippen LogP contribution is -2.29. The summed E-state index contributed by atoms with van der Waals surface area (Å²) in [7, 11) is -3.51. The van der Waals surface area contributed by atoms with Gasteiger partial charge in [-0.3, -0.25) is 0 Å². The molecule has 1 rings (SSSR count). The molecule has 0 amide bonds. The maximum absolute atomic E-state index is 11.7. The molecule has 0 bridgehead atoms. The molecule has 0 radical (unpaired) electrons. The summed E-state index contributed by atoms with van der Waals surface area (Å²) in [5, 5.41) is 8.72. The summed E-state index contributed by atoms with van der Waals surface area (Å²) in [6.07, 6.45) is 0. The molecule has 0 heterocycles. The third kappa shape index (κ3) is 2.79. The molecule has 0 saturated heterocycles. The van der Waals surface area contributed by atoms with Crippen molar-refractivity contribution in [2.75, 3.05) is 13.1 Å². The van der Waals surface area contributed by atoms with E-state index in [1.807, 2.05) is 6.07 Å². The van der Waals surface area contributed by atoms with Crippen LogP contribution in [-0.2, 0) is 10.0 Å². The first kappa shape index (κ1) is 12.6. The van der Waals surface area contributed by atoms with Gasteiger partial charge < -0.3 is 5.73 Å². The van der Waals surface area contributed by atoms with Crippen LogP contribution in [0, 0.1) is 18.3 Å². The molecule has 0 aliphatic rings. The molecule has 0 saturated carbocycles. The van der Waals surface area contributed by atoms with E-state index in [1.54, 1.807) is 6.92 Å². The first-order valence-electron chi connectivity index (χ1n) is 4.72. The van der Waals surface area contributed by atoms with Crippen molar-refractivity contribution >= 4 is 10.0 Å². The topological polar surface area (TPSA) is 96.0 Å². The number of aryl methyl sites for hydroxylation is 1. The minimum Gasteiger partial charge on any atom is -0.329 e. The van der Waals surface area contributed by atoms with Gasteiger partial charge in [0.05, 0.1) is 16.5 Å². The smallest absolute Gasteiger partial charge is 0.240 e. The SMILES string of the molecule is Cc1cc(S(=O)(=O)NCCN)ccc1C#N. The van der Waals surface area contributed by atoms with Crippen LogP contribution >= 0.6 is 0 Å². The highest BCUT2D eigenvalue weighted by molar-refractivity contribution is 7.89. The summed E-state index contributed by atoms with van der Waals surface area (Å²) in [6.45, 7) is 2.14. The number of nitriles is 1. The second-order valence-corrected chi connectivity index (χ2v) is 5.04. The highest BCUT2D eigenvalue weighted by Gasteiger charge is 2.13. The lowest BCUT2D eigenvalue weighted by molar-refractivity contribution is 0.582. The monoisotopic (exact) mass is 239 g/mol. The fourth-order valence-electron chi connectivity index (χ4n) is 1.21. The highest BCUT2D eigenvalue weighted by atomic mass is 32.2. The fraction of sp³-hybridized carbons (Fsp3) is 0.300. The van der Waals surface area contributed by atoms with Crippen molar-refractivity contribution in [2.24, 2.45) is 5.73 Å². The Morgan fingerprint density at radius 2 is 2.19 bits per heavy atom. The Hall–Kier alpha value is -1.42. The van der Waals surface area contributed by atoms with E-state index in [0.29, 0.717) is 11.1 Å². The number of hydrogen-bond donors (Lipinski definition) is 2. The molecule has 0 atom stereocenters. The van der Waals surface area contributed by atoms with E-state index in [9.17, 15) is 8.42 Å². The van der Waals surface area contributed by atoms with Gasteiger partial charge in [-0.25, -0.2) is 13.1 Å². The number of nitrogens with two attached hydrogens (primary N) is 1. The van der Waals surface area contributed by atoms with Crippen LogP contribution in [0.1, 0.15) is 11.1 Å². The zero-order chi connectivity index (χ0) is 12.2. The summed E-state index contributed by atoms with van der Waals surface area (Å²) in [6, 6.07) is 6.35. The number of hydrogen-bond acceptors (Lipinski definition) is 4. The predicted molar refractivity (Wildman–Crippen MR) is 60.1 cm³/mol. The van der Waals surface area contributed by atoms with Gasteiger partial charge in [0.25, 0.3) is 0 Å². The minimum absolute atomic E-state index is 0.150. The average molecular weight is 239 g/mol. The van der Waals surface area contributed by atoms with Gasteiger partial charge in [-0.1, -0.05) is 0 Å². The molecule has 3 N–H and O–H groups in total. The van der Waals surface area contributed by atoms with Crippen LogP contribution in [0.5, 0.6) is 0 Å². The molecule has 86 valence electrons. The van der Waals surface area contributed by atoms with Crippen molar-refractivity contribution in [3.63, 3.8) is 0 Å². The Bertz CT molecular complexity index is 517. The molecule has 16 heavy (non-hydrogen) atoms. The summed E-state index contributed by atoms with van der Waals surface area (Å²) >= 11 is 0. The van der Waals surface area contributed by atoms with Crippen LogP contribution in [0.3, 0.4) is 0 Å². The molecule has 0 spiro atoms. The first-order valence-corrected chi connectivity index (χ1v) is 6.20. The van der Waals surface area contributed by atoms with Gasteiger partial charge in [-0.05, 0) is 30.7 Å². The van der Waals surface area contributed by atoms with E-state index in [0.717, 1.165) is 0 Å². The maximum Gasteiger partial charge on any atom is 0.240 e. The van der Waals surface area contributed by atoms with Crippen LogP contribution in [-0.4, -0.2) is 21.5 Å². The van der Waals surface area contributed by atoms with Gasteiger partial charge in [-0.15, -0.1) is 0 Å². The standard InChI is InChI=1S/C10H13N3O2S/c1-8-6-10(3-2-9(8)7-12)16(14,15)13-5-4-11/h2-3,6,13H,4-5,11H2,1H3. The molecule has 5 nitrogen and oxygen atoms in total. The molecule has 0 aliphatic heterocycles. The number of rotatable bonds is 4. The lowest BCUT2D eigenvalue weighted by atomic mass is 10.1. The zero-order valence-corrected chi connectivity index (χ0v) is 9.71. The van der Waals surface area contributed by atoms with Gasteiger partial charge in [0, 0.05) is 13.1 Å². The van der Waals surface area contributed by atoms with Gasteiger partial charge in [-0.2, -0.15) is 5.26 Å². The molecule has 0 aromatic heterocycles. The Kier molecular flexibility index (Phi) is 4.01. The molecule has 0 unspecified atom stereocenters. The second kappa shape index (κ2) is 5.07. The summed E-state index contributed by atoms with van der Waals surface area (Å²) < 4.78 is 25.7. The molecule has 1 aromatic rings. The second-order valence-electron chi connectivity index (χ2n) is 3.27. The average Bonchev–Trinajstić information content (AvgIpc) is 2.26. The third-order valence-electron chi connectivity index (χ3n) is 2.07. The van der Waals surface area contributed by atoms with E-state index in [-0.39, 0.29) is 18.0 Å². The Labute approximate surface area is 94.9 Å². The van der Waals surface area contributed by atoms with E-state index < -0.39 is 10.0 Å². The Balaban J connectivity index is 3.07. The van der Waals surface area contributed by atoms with Crippen molar-refractivity contribution in [3.05, 3.63) is 29.3 Å². The summed E-state index contributed by atoms with van der Waals surface area (Å²) in [4.78, 5) is 0.150. The van der Waals surface area contributed by atoms with Crippen molar-refractivity contribution in [1.82, 2.24) is 4.72 Å². The normalized spacial score (nSPS) is 11.1. The van der Waals surface area contributed by atoms with Crippen LogP contribution in [0.15, 0.2) is 23.1 Å². The molecule has 0 fully saturated rings. The van der Waals surface area contributed by atoms with Gasteiger partial charge in [0.15, 0.2) is 0 Å². The van der Waals surface area contributed by atoms with E-state index in [2.05, 4.69) is 4.72 Å². The number of nitrogens with zero attached hydrogens (tertiary/aromatic N) is 1. The Morgan fingerprint density at radius 3 is 2.69 bits per heavy atom. The molecular weight excluding hydrogens is 226 g/mol. The van der Waals surface area contributed by atoms with Crippen molar-refractivity contribution < 1.29 is 8.42 Å². The largest absolute Gasteiger partial charge is 0.329 e. The van der Waals surface area contributed by atoms with Crippen LogP contribution in [0.2, 0.25) is 0 Å². The van der Waals surface area contributed by atoms with E-state index in [1.165, 1.54) is 18.2 Å². The van der Waals surface area contributed by atoms with Crippen LogP contribution < -0.4 is 10.5 Å². The van der Waals surface area contributed by atoms with Crippen molar-refractivity contribution in [1.29, 1.82) is 5.26 Å². The fourth-order valence-corrected chi connectivity index (χ4v) is 2.34. The molecule has 1 aromatic carbocycles. The quantitative estimate of drug-likeness (QED) is 0.779. The van der Waals surface area contributed by atoms with Gasteiger partial charge in [0.1, 0.15) is 0 Å². The van der Waals surface area contributed by atoms with Gasteiger partial charge in [0.2, 0.25) is 10.0 Å². The van der Waals surface area contributed by atoms with Gasteiger partial charge >= 0.3 is 0 Å². The third-order valence-corrected chi connectivity index (χ3v) is 3.52. The minimum atomic E-state index is -3.51. The predicted octanol–water partition coefficient (Wildman–Crippen LogP) is 0.104. The molecule has 6 heteroatoms. The zero-order valence-electron chi connectivity index (χ0n) is 8.90. The maximum atomic E-state index is 11.7. The van der Waals surface area contributed by atoms with Crippen molar-refractivity contribution in [3.8, 4) is 6.07 Å². The van der Waals surface area contributed by atoms with Crippen LogP contribution in [0.25, 0.3) is 0 Å². The number of benzene rings is 1. The first-order chi connectivity index (χ1) is 7.51.